The van der Waals surface area contributed by atoms with E-state index in [1.54, 1.807) is 7.11 Å². The van der Waals surface area contributed by atoms with Crippen LogP contribution in [0.15, 0.2) is 78.0 Å². The smallest absolute Gasteiger partial charge is 0.269 e. The van der Waals surface area contributed by atoms with E-state index in [-0.39, 0.29) is 17.2 Å². The first-order valence-corrected chi connectivity index (χ1v) is 11.0. The molecule has 1 aromatic heterocycles. The molecule has 0 N–H and O–H groups in total. The second-order valence-electron chi connectivity index (χ2n) is 7.22. The maximum absolute atomic E-state index is 12.7. The Balaban J connectivity index is 1.63. The molecule has 0 aliphatic rings. The summed E-state index contributed by atoms with van der Waals surface area (Å²) in [4.78, 5) is 23.0. The standard InChI is InChI=1S/C24H20N4O4S/c1-16-3-5-18(6-4-16)23-25-26-24(27(23)19-11-13-21(32-2)14-12-19)33-15-22(29)17-7-9-20(10-8-17)28(30)31/h3-14H,15H2,1-2H3. The van der Waals surface area contributed by atoms with E-state index in [1.807, 2.05) is 60.0 Å². The van der Waals surface area contributed by atoms with Crippen LogP contribution < -0.4 is 4.74 Å². The first kappa shape index (κ1) is 22.2. The number of thioether (sulfide) groups is 1. The van der Waals surface area contributed by atoms with Crippen molar-refractivity contribution in [2.24, 2.45) is 0 Å². The highest BCUT2D eigenvalue weighted by atomic mass is 32.2. The van der Waals surface area contributed by atoms with Gasteiger partial charge in [0.15, 0.2) is 16.8 Å². The van der Waals surface area contributed by atoms with Crippen molar-refractivity contribution in [3.63, 3.8) is 0 Å². The number of non-ortho nitro benzene ring substituents is 1. The van der Waals surface area contributed by atoms with Crippen molar-refractivity contribution in [1.29, 1.82) is 0 Å². The molecule has 0 radical (unpaired) electrons. The minimum absolute atomic E-state index is 0.0545. The molecule has 4 rings (SSSR count). The number of carbonyl (C=O) groups is 1. The number of nitro groups is 1. The molecule has 0 amide bonds. The summed E-state index contributed by atoms with van der Waals surface area (Å²) in [5.41, 5.74) is 3.22. The van der Waals surface area contributed by atoms with E-state index in [0.717, 1.165) is 22.6 Å². The normalized spacial score (nSPS) is 10.7. The van der Waals surface area contributed by atoms with Crippen LogP contribution in [-0.4, -0.2) is 38.3 Å². The Labute approximate surface area is 194 Å². The fraction of sp³-hybridized carbons (Fsp3) is 0.125. The molecule has 0 saturated heterocycles. The van der Waals surface area contributed by atoms with Gasteiger partial charge in [-0.25, -0.2) is 0 Å². The fourth-order valence-electron chi connectivity index (χ4n) is 3.20. The third-order valence-corrected chi connectivity index (χ3v) is 5.94. The summed E-state index contributed by atoms with van der Waals surface area (Å²) in [5, 5.41) is 20.1. The molecular weight excluding hydrogens is 440 g/mol. The molecule has 1 heterocycles. The number of ether oxygens (including phenoxy) is 1. The first-order chi connectivity index (χ1) is 16.0. The Bertz CT molecular complexity index is 1280. The van der Waals surface area contributed by atoms with Crippen molar-refractivity contribution in [3.05, 3.63) is 94.0 Å². The molecule has 0 saturated carbocycles. The van der Waals surface area contributed by atoms with E-state index < -0.39 is 4.92 Å². The van der Waals surface area contributed by atoms with Gasteiger partial charge in [-0.05, 0) is 43.3 Å². The highest BCUT2D eigenvalue weighted by molar-refractivity contribution is 7.99. The van der Waals surface area contributed by atoms with Gasteiger partial charge in [-0.2, -0.15) is 0 Å². The highest BCUT2D eigenvalue weighted by Crippen LogP contribution is 2.29. The Hall–Kier alpha value is -3.98. The van der Waals surface area contributed by atoms with Gasteiger partial charge in [0.05, 0.1) is 17.8 Å². The summed E-state index contributed by atoms with van der Waals surface area (Å²) < 4.78 is 7.16. The van der Waals surface area contributed by atoms with Crippen LogP contribution in [0.1, 0.15) is 15.9 Å². The number of nitrogens with zero attached hydrogens (tertiary/aromatic N) is 4. The number of aromatic nitrogens is 3. The molecule has 166 valence electrons. The largest absolute Gasteiger partial charge is 0.497 e. The molecule has 0 bridgehead atoms. The van der Waals surface area contributed by atoms with Crippen LogP contribution in [0.3, 0.4) is 0 Å². The summed E-state index contributed by atoms with van der Waals surface area (Å²) in [7, 11) is 1.61. The molecule has 8 nitrogen and oxygen atoms in total. The molecular formula is C24H20N4O4S. The Morgan fingerprint density at radius 3 is 2.27 bits per heavy atom. The Morgan fingerprint density at radius 1 is 1.00 bits per heavy atom. The summed E-state index contributed by atoms with van der Waals surface area (Å²) >= 11 is 1.26. The van der Waals surface area contributed by atoms with Gasteiger partial charge in [-0.3, -0.25) is 19.5 Å². The lowest BCUT2D eigenvalue weighted by Crippen LogP contribution is -2.05. The van der Waals surface area contributed by atoms with Crippen LogP contribution in [0.4, 0.5) is 5.69 Å². The quantitative estimate of drug-likeness (QED) is 0.155. The number of methoxy groups -OCH3 is 1. The summed E-state index contributed by atoms with van der Waals surface area (Å²) in [6.07, 6.45) is 0. The molecule has 4 aromatic rings. The lowest BCUT2D eigenvalue weighted by atomic mass is 10.1. The van der Waals surface area contributed by atoms with Gasteiger partial charge < -0.3 is 4.74 Å². The lowest BCUT2D eigenvalue weighted by molar-refractivity contribution is -0.384. The third-order valence-electron chi connectivity index (χ3n) is 5.01. The van der Waals surface area contributed by atoms with E-state index in [9.17, 15) is 14.9 Å². The minimum atomic E-state index is -0.493. The zero-order chi connectivity index (χ0) is 23.4. The van der Waals surface area contributed by atoms with Gasteiger partial charge in [0.25, 0.3) is 5.69 Å². The van der Waals surface area contributed by atoms with E-state index in [1.165, 1.54) is 36.0 Å². The molecule has 0 spiro atoms. The van der Waals surface area contributed by atoms with Crippen molar-refractivity contribution in [2.75, 3.05) is 12.9 Å². The van der Waals surface area contributed by atoms with E-state index >= 15 is 0 Å². The van der Waals surface area contributed by atoms with Gasteiger partial charge in [0.1, 0.15) is 5.75 Å². The average Bonchev–Trinajstić information content (AvgIpc) is 3.27. The number of Topliss-reactive ketones (excluding diaryl/α,β-unsaturated/α-hetero) is 1. The van der Waals surface area contributed by atoms with Crippen LogP contribution in [0.5, 0.6) is 5.75 Å². The first-order valence-electron chi connectivity index (χ1n) is 10.0. The maximum atomic E-state index is 12.7. The molecule has 0 unspecified atom stereocenters. The van der Waals surface area contributed by atoms with Crippen LogP contribution in [0.25, 0.3) is 17.1 Å². The summed E-state index contributed by atoms with van der Waals surface area (Å²) in [6, 6.07) is 21.1. The van der Waals surface area contributed by atoms with Gasteiger partial charge >= 0.3 is 0 Å². The third kappa shape index (κ3) is 4.93. The molecule has 0 atom stereocenters. The Kier molecular flexibility index (Phi) is 6.50. The van der Waals surface area contributed by atoms with Gasteiger partial charge in [0, 0.05) is 28.9 Å². The van der Waals surface area contributed by atoms with Crippen molar-refractivity contribution in [2.45, 2.75) is 12.1 Å². The van der Waals surface area contributed by atoms with Gasteiger partial charge in [-0.1, -0.05) is 41.6 Å². The Morgan fingerprint density at radius 2 is 1.67 bits per heavy atom. The van der Waals surface area contributed by atoms with Gasteiger partial charge in [-0.15, -0.1) is 10.2 Å². The number of ketones is 1. The number of hydrogen-bond acceptors (Lipinski definition) is 7. The second-order valence-corrected chi connectivity index (χ2v) is 8.16. The SMILES string of the molecule is COc1ccc(-n2c(SCC(=O)c3ccc([N+](=O)[O-])cc3)nnc2-c2ccc(C)cc2)cc1. The molecule has 0 aliphatic carbocycles. The molecule has 3 aromatic carbocycles. The van der Waals surface area contributed by atoms with Crippen molar-refractivity contribution in [1.82, 2.24) is 14.8 Å². The number of hydrogen-bond donors (Lipinski definition) is 0. The van der Waals surface area contributed by atoms with Gasteiger partial charge in [0.2, 0.25) is 0 Å². The van der Waals surface area contributed by atoms with Crippen LogP contribution in [0, 0.1) is 17.0 Å². The van der Waals surface area contributed by atoms with E-state index in [4.69, 9.17) is 4.74 Å². The van der Waals surface area contributed by atoms with Crippen LogP contribution in [-0.2, 0) is 0 Å². The minimum Gasteiger partial charge on any atom is -0.497 e. The number of aryl methyl sites for hydroxylation is 1. The maximum Gasteiger partial charge on any atom is 0.269 e. The number of rotatable bonds is 8. The van der Waals surface area contributed by atoms with Crippen molar-refractivity contribution < 1.29 is 14.5 Å². The average molecular weight is 461 g/mol. The predicted molar refractivity (Wildman–Crippen MR) is 126 cm³/mol. The zero-order valence-electron chi connectivity index (χ0n) is 18.0. The summed E-state index contributed by atoms with van der Waals surface area (Å²) in [5.74, 6) is 1.34. The molecule has 33 heavy (non-hydrogen) atoms. The second kappa shape index (κ2) is 9.66. The lowest BCUT2D eigenvalue weighted by Gasteiger charge is -2.11. The molecule has 0 aliphatic heterocycles. The van der Waals surface area contributed by atoms with E-state index in [0.29, 0.717) is 16.5 Å². The number of nitro benzene ring substituents is 1. The summed E-state index contributed by atoms with van der Waals surface area (Å²) in [6.45, 7) is 2.02. The molecule has 0 fully saturated rings. The number of benzene rings is 3. The predicted octanol–water partition coefficient (Wildman–Crippen LogP) is 5.13. The highest BCUT2D eigenvalue weighted by Gasteiger charge is 2.18. The van der Waals surface area contributed by atoms with Crippen LogP contribution >= 0.6 is 11.8 Å². The molecule has 9 heteroatoms. The van der Waals surface area contributed by atoms with Crippen molar-refractivity contribution in [3.8, 4) is 22.8 Å². The topological polar surface area (TPSA) is 100 Å². The fourth-order valence-corrected chi connectivity index (χ4v) is 4.05. The van der Waals surface area contributed by atoms with Crippen molar-refractivity contribution >= 4 is 23.2 Å². The number of carbonyl (C=O) groups excluding carboxylic acids is 1. The monoisotopic (exact) mass is 460 g/mol. The van der Waals surface area contributed by atoms with Crippen LogP contribution in [0.2, 0.25) is 0 Å². The van der Waals surface area contributed by atoms with E-state index in [2.05, 4.69) is 10.2 Å². The zero-order valence-corrected chi connectivity index (χ0v) is 18.8.